The Morgan fingerprint density at radius 2 is 2.07 bits per heavy atom. The minimum atomic E-state index is -0.790. The van der Waals surface area contributed by atoms with Crippen LogP contribution in [0.2, 0.25) is 0 Å². The lowest BCUT2D eigenvalue weighted by molar-refractivity contribution is -0.139. The zero-order valence-electron chi connectivity index (χ0n) is 9.37. The van der Waals surface area contributed by atoms with Crippen LogP contribution in [-0.2, 0) is 14.3 Å². The van der Waals surface area contributed by atoms with E-state index in [9.17, 15) is 4.79 Å². The summed E-state index contributed by atoms with van der Waals surface area (Å²) in [4.78, 5) is 10.4. The van der Waals surface area contributed by atoms with Crippen molar-refractivity contribution >= 4 is 5.97 Å². The summed E-state index contributed by atoms with van der Waals surface area (Å²) in [5.41, 5.74) is -0.398. The zero-order valence-corrected chi connectivity index (χ0v) is 9.37. The molecule has 4 heteroatoms. The number of carbonyl (C=O) groups is 1. The molecule has 0 bridgehead atoms. The highest BCUT2D eigenvalue weighted by Gasteiger charge is 2.20. The normalized spacial score (nSPS) is 14.0. The molecule has 0 aliphatic heterocycles. The highest BCUT2D eigenvalue weighted by molar-refractivity contribution is 5.66. The van der Waals surface area contributed by atoms with Gasteiger partial charge < -0.3 is 14.6 Å². The summed E-state index contributed by atoms with van der Waals surface area (Å²) in [6, 6.07) is 0. The summed E-state index contributed by atoms with van der Waals surface area (Å²) in [6.07, 6.45) is 0.687. The number of hydrogen-bond acceptors (Lipinski definition) is 3. The van der Waals surface area contributed by atoms with E-state index in [1.165, 1.54) is 0 Å². The smallest absolute Gasteiger partial charge is 0.303 e. The van der Waals surface area contributed by atoms with Crippen LogP contribution in [0.25, 0.3) is 0 Å². The van der Waals surface area contributed by atoms with Crippen LogP contribution in [0.3, 0.4) is 0 Å². The standard InChI is InChI=1S/C10H20O4/c1-8(13-4)7-14-10(2,3)6-5-9(11)12/h8H,5-7H2,1-4H3,(H,11,12). The van der Waals surface area contributed by atoms with Gasteiger partial charge in [-0.1, -0.05) is 0 Å². The van der Waals surface area contributed by atoms with Crippen molar-refractivity contribution in [3.63, 3.8) is 0 Å². The summed E-state index contributed by atoms with van der Waals surface area (Å²) >= 11 is 0. The van der Waals surface area contributed by atoms with Gasteiger partial charge in [-0.3, -0.25) is 4.79 Å². The second-order valence-corrected chi connectivity index (χ2v) is 4.01. The van der Waals surface area contributed by atoms with E-state index >= 15 is 0 Å². The molecule has 0 saturated carbocycles. The second-order valence-electron chi connectivity index (χ2n) is 4.01. The quantitative estimate of drug-likeness (QED) is 0.685. The predicted octanol–water partition coefficient (Wildman–Crippen LogP) is 1.68. The largest absolute Gasteiger partial charge is 0.481 e. The van der Waals surface area contributed by atoms with Gasteiger partial charge in [-0.05, 0) is 27.2 Å². The third-order valence-corrected chi connectivity index (χ3v) is 2.05. The first kappa shape index (κ1) is 13.4. The Labute approximate surface area is 85.2 Å². The maximum absolute atomic E-state index is 10.4. The Bertz CT molecular complexity index is 177. The van der Waals surface area contributed by atoms with E-state index in [0.717, 1.165) is 0 Å². The minimum Gasteiger partial charge on any atom is -0.481 e. The van der Waals surface area contributed by atoms with Crippen LogP contribution in [0.4, 0.5) is 0 Å². The van der Waals surface area contributed by atoms with Crippen molar-refractivity contribution in [1.82, 2.24) is 0 Å². The number of methoxy groups -OCH3 is 1. The molecule has 0 aromatic carbocycles. The van der Waals surface area contributed by atoms with Crippen molar-refractivity contribution < 1.29 is 19.4 Å². The van der Waals surface area contributed by atoms with Crippen molar-refractivity contribution in [3.05, 3.63) is 0 Å². The van der Waals surface area contributed by atoms with Gasteiger partial charge in [-0.15, -0.1) is 0 Å². The van der Waals surface area contributed by atoms with E-state index in [-0.39, 0.29) is 12.5 Å². The average Bonchev–Trinajstić information content (AvgIpc) is 2.11. The predicted molar refractivity (Wildman–Crippen MR) is 53.4 cm³/mol. The Balaban J connectivity index is 3.76. The number of carboxylic acid groups (broad SMARTS) is 1. The minimum absolute atomic E-state index is 0.0408. The van der Waals surface area contributed by atoms with Crippen LogP contribution >= 0.6 is 0 Å². The Hall–Kier alpha value is -0.610. The molecule has 0 fully saturated rings. The fourth-order valence-electron chi connectivity index (χ4n) is 0.891. The van der Waals surface area contributed by atoms with Crippen LogP contribution in [0.15, 0.2) is 0 Å². The van der Waals surface area contributed by atoms with Gasteiger partial charge in [0, 0.05) is 13.5 Å². The lowest BCUT2D eigenvalue weighted by Gasteiger charge is -2.26. The summed E-state index contributed by atoms with van der Waals surface area (Å²) in [5, 5.41) is 8.52. The first-order valence-electron chi connectivity index (χ1n) is 4.76. The van der Waals surface area contributed by atoms with E-state index in [2.05, 4.69) is 0 Å². The second kappa shape index (κ2) is 5.98. The van der Waals surface area contributed by atoms with Crippen molar-refractivity contribution in [1.29, 1.82) is 0 Å². The summed E-state index contributed by atoms with van der Waals surface area (Å²) in [7, 11) is 1.62. The highest BCUT2D eigenvalue weighted by atomic mass is 16.5. The summed E-state index contributed by atoms with van der Waals surface area (Å²) in [6.45, 7) is 6.17. The van der Waals surface area contributed by atoms with Crippen LogP contribution in [0.1, 0.15) is 33.6 Å². The third kappa shape index (κ3) is 6.86. The molecule has 0 spiro atoms. The molecule has 0 radical (unpaired) electrons. The number of aliphatic carboxylic acids is 1. The molecule has 1 N–H and O–H groups in total. The molecule has 0 heterocycles. The first-order chi connectivity index (χ1) is 6.37. The first-order valence-corrected chi connectivity index (χ1v) is 4.76. The van der Waals surface area contributed by atoms with Crippen molar-refractivity contribution in [2.45, 2.75) is 45.3 Å². The molecule has 14 heavy (non-hydrogen) atoms. The van der Waals surface area contributed by atoms with Crippen molar-refractivity contribution in [2.75, 3.05) is 13.7 Å². The molecule has 1 unspecified atom stereocenters. The fourth-order valence-corrected chi connectivity index (χ4v) is 0.891. The fraction of sp³-hybridized carbons (Fsp3) is 0.900. The summed E-state index contributed by atoms with van der Waals surface area (Å²) < 4.78 is 10.6. The van der Waals surface area contributed by atoms with Gasteiger partial charge in [0.1, 0.15) is 0 Å². The van der Waals surface area contributed by atoms with Crippen LogP contribution in [0.5, 0.6) is 0 Å². The number of hydrogen-bond donors (Lipinski definition) is 1. The van der Waals surface area contributed by atoms with E-state index < -0.39 is 11.6 Å². The molecule has 0 aromatic rings. The maximum atomic E-state index is 10.4. The monoisotopic (exact) mass is 204 g/mol. The molecule has 1 atom stereocenters. The van der Waals surface area contributed by atoms with Crippen molar-refractivity contribution in [2.24, 2.45) is 0 Å². The van der Waals surface area contributed by atoms with E-state index in [4.69, 9.17) is 14.6 Å². The molecule has 4 nitrogen and oxygen atoms in total. The van der Waals surface area contributed by atoms with E-state index in [1.807, 2.05) is 20.8 Å². The Kier molecular flexibility index (Phi) is 5.72. The Morgan fingerprint density at radius 3 is 2.50 bits per heavy atom. The summed E-state index contributed by atoms with van der Waals surface area (Å²) in [5.74, 6) is -0.790. The van der Waals surface area contributed by atoms with Gasteiger partial charge in [0.05, 0.1) is 18.3 Å². The average molecular weight is 204 g/mol. The van der Waals surface area contributed by atoms with Gasteiger partial charge in [0.25, 0.3) is 0 Å². The lowest BCUT2D eigenvalue weighted by Crippen LogP contribution is -2.29. The molecule has 0 aliphatic carbocycles. The molecular weight excluding hydrogens is 184 g/mol. The lowest BCUT2D eigenvalue weighted by atomic mass is 10.0. The van der Waals surface area contributed by atoms with Gasteiger partial charge in [0.15, 0.2) is 0 Å². The molecule has 84 valence electrons. The topological polar surface area (TPSA) is 55.8 Å². The van der Waals surface area contributed by atoms with Gasteiger partial charge in [-0.2, -0.15) is 0 Å². The van der Waals surface area contributed by atoms with Crippen LogP contribution in [-0.4, -0.2) is 36.5 Å². The van der Waals surface area contributed by atoms with E-state index in [0.29, 0.717) is 13.0 Å². The Morgan fingerprint density at radius 1 is 1.50 bits per heavy atom. The van der Waals surface area contributed by atoms with Crippen LogP contribution < -0.4 is 0 Å². The van der Waals surface area contributed by atoms with Gasteiger partial charge in [0.2, 0.25) is 0 Å². The number of carboxylic acids is 1. The molecular formula is C10H20O4. The van der Waals surface area contributed by atoms with E-state index in [1.54, 1.807) is 7.11 Å². The highest BCUT2D eigenvalue weighted by Crippen LogP contribution is 2.17. The molecule has 0 saturated heterocycles. The third-order valence-electron chi connectivity index (χ3n) is 2.05. The molecule has 0 aromatic heterocycles. The van der Waals surface area contributed by atoms with Crippen molar-refractivity contribution in [3.8, 4) is 0 Å². The SMILES string of the molecule is COC(C)COC(C)(C)CCC(=O)O. The molecule has 0 aliphatic rings. The molecule has 0 rings (SSSR count). The number of rotatable bonds is 7. The van der Waals surface area contributed by atoms with Gasteiger partial charge >= 0.3 is 5.97 Å². The number of ether oxygens (including phenoxy) is 2. The maximum Gasteiger partial charge on any atom is 0.303 e. The van der Waals surface area contributed by atoms with Gasteiger partial charge in [-0.25, -0.2) is 0 Å². The van der Waals surface area contributed by atoms with Crippen LogP contribution in [0, 0.1) is 0 Å². The molecule has 0 amide bonds. The zero-order chi connectivity index (χ0) is 11.2.